The lowest BCUT2D eigenvalue weighted by Crippen LogP contribution is -2.26. The molecule has 1 aromatic rings. The number of carbonyl (C=O) groups is 1. The zero-order valence-electron chi connectivity index (χ0n) is 9.02. The van der Waals surface area contributed by atoms with E-state index in [-0.39, 0.29) is 5.78 Å². The van der Waals surface area contributed by atoms with Crippen LogP contribution in [0.25, 0.3) is 0 Å². The van der Waals surface area contributed by atoms with E-state index in [9.17, 15) is 13.2 Å². The van der Waals surface area contributed by atoms with Crippen molar-refractivity contribution < 1.29 is 13.2 Å². The van der Waals surface area contributed by atoms with E-state index in [4.69, 9.17) is 0 Å². The maximum absolute atomic E-state index is 11.8. The molecule has 15 heavy (non-hydrogen) atoms. The minimum atomic E-state index is -3.31. The number of ketones is 1. The molecule has 82 valence electrons. The van der Waals surface area contributed by atoms with E-state index in [2.05, 4.69) is 0 Å². The highest BCUT2D eigenvalue weighted by Gasteiger charge is 2.24. The summed E-state index contributed by atoms with van der Waals surface area (Å²) in [5.74, 6) is -0.346. The Morgan fingerprint density at radius 2 is 1.93 bits per heavy atom. The molecule has 0 aromatic heterocycles. The fourth-order valence-corrected chi connectivity index (χ4v) is 1.75. The topological polar surface area (TPSA) is 51.2 Å². The third kappa shape index (κ3) is 2.89. The number of rotatable bonds is 3. The number of hydrogen-bond donors (Lipinski definition) is 0. The Hall–Kier alpha value is -1.16. The van der Waals surface area contributed by atoms with Crippen molar-refractivity contribution in [3.63, 3.8) is 0 Å². The van der Waals surface area contributed by atoms with Crippen LogP contribution in [-0.2, 0) is 9.84 Å². The van der Waals surface area contributed by atoms with Crippen LogP contribution >= 0.6 is 0 Å². The van der Waals surface area contributed by atoms with Crippen LogP contribution in [-0.4, -0.2) is 25.7 Å². The Morgan fingerprint density at radius 1 is 1.33 bits per heavy atom. The molecule has 0 aliphatic carbocycles. The number of sulfone groups is 1. The van der Waals surface area contributed by atoms with Gasteiger partial charge in [-0.05, 0) is 19.9 Å². The molecule has 3 nitrogen and oxygen atoms in total. The number of carbonyl (C=O) groups excluding carboxylic acids is 1. The Balaban J connectivity index is 3.06. The lowest BCUT2D eigenvalue weighted by molar-refractivity contribution is 0.0991. The quantitative estimate of drug-likeness (QED) is 0.736. The summed E-state index contributed by atoms with van der Waals surface area (Å²) in [6.45, 7) is 3.28. The Bertz CT molecular complexity index is 474. The average molecular weight is 226 g/mol. The molecular weight excluding hydrogens is 212 g/mol. The number of hydrogen-bond acceptors (Lipinski definition) is 3. The summed E-state index contributed by atoms with van der Waals surface area (Å²) in [6.07, 6.45) is 1.07. The molecule has 0 bridgehead atoms. The van der Waals surface area contributed by atoms with Crippen LogP contribution in [0.2, 0.25) is 0 Å². The molecule has 0 aliphatic rings. The second-order valence-corrected chi connectivity index (χ2v) is 6.07. The highest BCUT2D eigenvalue weighted by atomic mass is 32.2. The molecule has 0 aliphatic heterocycles. The van der Waals surface area contributed by atoms with Crippen LogP contribution in [0.1, 0.15) is 22.8 Å². The van der Waals surface area contributed by atoms with Crippen molar-refractivity contribution in [3.05, 3.63) is 35.4 Å². The minimum Gasteiger partial charge on any atom is -0.293 e. The predicted octanol–water partition coefficient (Wildman–Crippen LogP) is 1.61. The van der Waals surface area contributed by atoms with Gasteiger partial charge in [0.25, 0.3) is 0 Å². The van der Waals surface area contributed by atoms with E-state index in [1.165, 1.54) is 6.92 Å². The van der Waals surface area contributed by atoms with Gasteiger partial charge in [-0.2, -0.15) is 0 Å². The van der Waals surface area contributed by atoms with Gasteiger partial charge in [0.1, 0.15) is 5.25 Å². The summed E-state index contributed by atoms with van der Waals surface area (Å²) in [5, 5.41) is -0.973. The first-order valence-electron chi connectivity index (χ1n) is 4.62. The smallest absolute Gasteiger partial charge is 0.180 e. The van der Waals surface area contributed by atoms with Crippen molar-refractivity contribution in [2.24, 2.45) is 0 Å². The first kappa shape index (κ1) is 11.9. The molecule has 0 spiro atoms. The van der Waals surface area contributed by atoms with Gasteiger partial charge in [0.2, 0.25) is 0 Å². The summed E-state index contributed by atoms with van der Waals surface area (Å²) in [5.41, 5.74) is 1.40. The highest BCUT2D eigenvalue weighted by Crippen LogP contribution is 2.11. The van der Waals surface area contributed by atoms with Crippen molar-refractivity contribution in [2.75, 3.05) is 6.26 Å². The first-order valence-corrected chi connectivity index (χ1v) is 6.57. The van der Waals surface area contributed by atoms with Crippen LogP contribution in [0.5, 0.6) is 0 Å². The first-order chi connectivity index (χ1) is 6.82. The van der Waals surface area contributed by atoms with Crippen LogP contribution in [0.3, 0.4) is 0 Å². The fourth-order valence-electron chi connectivity index (χ4n) is 1.23. The average Bonchev–Trinajstić information content (AvgIpc) is 2.14. The van der Waals surface area contributed by atoms with Gasteiger partial charge >= 0.3 is 0 Å². The summed E-state index contributed by atoms with van der Waals surface area (Å²) >= 11 is 0. The second kappa shape index (κ2) is 4.14. The molecular formula is C11H14O3S. The molecule has 0 saturated heterocycles. The maximum atomic E-state index is 11.8. The third-order valence-corrected chi connectivity index (χ3v) is 3.81. The molecule has 0 amide bonds. The standard InChI is InChI=1S/C11H14O3S/c1-8-5-4-6-10(7-8)11(12)9(2)15(3,13)14/h4-7,9H,1-3H3/t9-/m1/s1. The molecule has 1 rings (SSSR count). The third-order valence-electron chi connectivity index (χ3n) is 2.31. The summed E-state index contributed by atoms with van der Waals surface area (Å²) in [4.78, 5) is 11.8. The van der Waals surface area contributed by atoms with E-state index in [1.54, 1.807) is 18.2 Å². The summed E-state index contributed by atoms with van der Waals surface area (Å²) in [7, 11) is -3.31. The van der Waals surface area contributed by atoms with Crippen molar-refractivity contribution in [3.8, 4) is 0 Å². The van der Waals surface area contributed by atoms with Crippen LogP contribution in [0.15, 0.2) is 24.3 Å². The largest absolute Gasteiger partial charge is 0.293 e. The van der Waals surface area contributed by atoms with Gasteiger partial charge in [-0.1, -0.05) is 23.8 Å². The van der Waals surface area contributed by atoms with Gasteiger partial charge < -0.3 is 0 Å². The molecule has 0 N–H and O–H groups in total. The van der Waals surface area contributed by atoms with Crippen molar-refractivity contribution in [1.29, 1.82) is 0 Å². The Labute approximate surface area is 90.0 Å². The van der Waals surface area contributed by atoms with Crippen molar-refractivity contribution in [1.82, 2.24) is 0 Å². The number of Topliss-reactive ketones (excluding diaryl/α,β-unsaturated/α-hetero) is 1. The zero-order chi connectivity index (χ0) is 11.6. The summed E-state index contributed by atoms with van der Waals surface area (Å²) < 4.78 is 22.4. The monoisotopic (exact) mass is 226 g/mol. The predicted molar refractivity (Wildman–Crippen MR) is 59.8 cm³/mol. The Kier molecular flexibility index (Phi) is 3.29. The van der Waals surface area contributed by atoms with E-state index in [1.807, 2.05) is 13.0 Å². The second-order valence-electron chi connectivity index (χ2n) is 3.71. The van der Waals surface area contributed by atoms with Gasteiger partial charge in [-0.15, -0.1) is 0 Å². The molecule has 1 atom stereocenters. The Morgan fingerprint density at radius 3 is 2.40 bits per heavy atom. The van der Waals surface area contributed by atoms with E-state index >= 15 is 0 Å². The highest BCUT2D eigenvalue weighted by molar-refractivity contribution is 7.92. The maximum Gasteiger partial charge on any atom is 0.180 e. The van der Waals surface area contributed by atoms with Gasteiger partial charge in [-0.3, -0.25) is 4.79 Å². The molecule has 0 saturated carbocycles. The van der Waals surface area contributed by atoms with Gasteiger partial charge in [0, 0.05) is 11.8 Å². The van der Waals surface area contributed by atoms with E-state index in [0.717, 1.165) is 11.8 Å². The molecule has 0 unspecified atom stereocenters. The summed E-state index contributed by atoms with van der Waals surface area (Å²) in [6, 6.07) is 6.94. The number of benzene rings is 1. The van der Waals surface area contributed by atoms with Crippen LogP contribution in [0, 0.1) is 6.92 Å². The van der Waals surface area contributed by atoms with Crippen molar-refractivity contribution >= 4 is 15.6 Å². The molecule has 1 aromatic carbocycles. The van der Waals surface area contributed by atoms with Gasteiger partial charge in [0.05, 0.1) is 0 Å². The molecule has 4 heteroatoms. The molecule has 0 radical (unpaired) electrons. The molecule has 0 heterocycles. The molecule has 0 fully saturated rings. The minimum absolute atomic E-state index is 0.346. The normalized spacial score (nSPS) is 13.5. The lowest BCUT2D eigenvalue weighted by atomic mass is 10.1. The number of aryl methyl sites for hydroxylation is 1. The van der Waals surface area contributed by atoms with E-state index in [0.29, 0.717) is 5.56 Å². The lowest BCUT2D eigenvalue weighted by Gasteiger charge is -2.08. The van der Waals surface area contributed by atoms with Gasteiger partial charge in [0.15, 0.2) is 15.6 Å². The van der Waals surface area contributed by atoms with Crippen molar-refractivity contribution in [2.45, 2.75) is 19.1 Å². The van der Waals surface area contributed by atoms with Crippen LogP contribution < -0.4 is 0 Å². The van der Waals surface area contributed by atoms with Gasteiger partial charge in [-0.25, -0.2) is 8.42 Å². The fraction of sp³-hybridized carbons (Fsp3) is 0.364. The zero-order valence-corrected chi connectivity index (χ0v) is 9.84. The van der Waals surface area contributed by atoms with E-state index < -0.39 is 15.1 Å². The SMILES string of the molecule is Cc1cccc(C(=O)[C@@H](C)S(C)(=O)=O)c1. The van der Waals surface area contributed by atoms with Crippen LogP contribution in [0.4, 0.5) is 0 Å².